The molecule has 1 aromatic heterocycles. The van der Waals surface area contributed by atoms with Gasteiger partial charge in [0.1, 0.15) is 5.69 Å². The van der Waals surface area contributed by atoms with Crippen LogP contribution in [0.5, 0.6) is 0 Å². The minimum atomic E-state index is -4.67. The van der Waals surface area contributed by atoms with Crippen molar-refractivity contribution in [3.8, 4) is 0 Å². The maximum atomic E-state index is 13.4. The molecule has 0 saturated heterocycles. The number of aromatic nitrogens is 2. The number of rotatable bonds is 0. The number of aryl methyl sites for hydroxylation is 1. The quantitative estimate of drug-likeness (QED) is 0.637. The van der Waals surface area contributed by atoms with E-state index in [1.165, 1.54) is 0 Å². The first-order valence-corrected chi connectivity index (χ1v) is 4.75. The summed E-state index contributed by atoms with van der Waals surface area (Å²) in [5.74, 6) is -3.21. The van der Waals surface area contributed by atoms with Gasteiger partial charge in [0.05, 0.1) is 0 Å². The topological polar surface area (TPSA) is 17.8 Å². The lowest BCUT2D eigenvalue weighted by molar-refractivity contribution is -0.142. The Hall–Kier alpha value is -1.14. The largest absolute Gasteiger partial charge is 0.435 e. The molecule has 0 fully saturated rings. The lowest BCUT2D eigenvalue weighted by Gasteiger charge is -2.23. The summed E-state index contributed by atoms with van der Waals surface area (Å²) in [5.41, 5.74) is -2.12. The molecule has 1 heterocycles. The van der Waals surface area contributed by atoms with Gasteiger partial charge in [-0.25, -0.2) is 0 Å². The summed E-state index contributed by atoms with van der Waals surface area (Å²) in [5, 5.41) is 3.17. The van der Waals surface area contributed by atoms with Gasteiger partial charge < -0.3 is 0 Å². The highest BCUT2D eigenvalue weighted by Gasteiger charge is 2.47. The molecule has 0 N–H and O–H groups in total. The number of alkyl halides is 5. The third-order valence-corrected chi connectivity index (χ3v) is 2.68. The van der Waals surface area contributed by atoms with Crippen LogP contribution in [0.15, 0.2) is 0 Å². The van der Waals surface area contributed by atoms with E-state index >= 15 is 0 Å². The first-order chi connectivity index (χ1) is 7.23. The number of hydrogen-bond acceptors (Lipinski definition) is 1. The molecule has 0 spiro atoms. The molecule has 0 unspecified atom stereocenters. The molecule has 2 nitrogen and oxygen atoms in total. The number of hydrogen-bond donors (Lipinski definition) is 0. The summed E-state index contributed by atoms with van der Waals surface area (Å²) in [7, 11) is 1.12. The van der Waals surface area contributed by atoms with E-state index in [1.54, 1.807) is 0 Å². The Labute approximate surface area is 88.1 Å². The summed E-state index contributed by atoms with van der Waals surface area (Å²) in [6.45, 7) is 0. The second-order valence-corrected chi connectivity index (χ2v) is 3.86. The third kappa shape index (κ3) is 1.58. The molecule has 90 valence electrons. The molecule has 0 saturated carbocycles. The van der Waals surface area contributed by atoms with Crippen LogP contribution >= 0.6 is 0 Å². The van der Waals surface area contributed by atoms with Crippen LogP contribution in [-0.4, -0.2) is 9.78 Å². The standard InChI is InChI=1S/C9H9F5N2/c1-16-7-5(3-2-4-8(7,10)11)6(15-16)9(12,13)14/h2-4H2,1H3. The number of fused-ring (bicyclic) bond motifs is 1. The van der Waals surface area contributed by atoms with Crippen LogP contribution in [0.2, 0.25) is 0 Å². The fourth-order valence-corrected chi connectivity index (χ4v) is 2.10. The fourth-order valence-electron chi connectivity index (χ4n) is 2.10. The van der Waals surface area contributed by atoms with Crippen molar-refractivity contribution in [3.05, 3.63) is 17.0 Å². The number of nitrogens with zero attached hydrogens (tertiary/aromatic N) is 2. The highest BCUT2D eigenvalue weighted by atomic mass is 19.4. The molecular formula is C9H9F5N2. The van der Waals surface area contributed by atoms with Crippen LogP contribution in [0.25, 0.3) is 0 Å². The molecule has 1 aliphatic rings. The molecule has 0 amide bonds. The number of halogens is 5. The van der Waals surface area contributed by atoms with Gasteiger partial charge in [-0.05, 0) is 12.8 Å². The predicted octanol–water partition coefficient (Wildman–Crippen LogP) is 2.87. The van der Waals surface area contributed by atoms with Gasteiger partial charge in [-0.2, -0.15) is 27.1 Å². The van der Waals surface area contributed by atoms with Crippen LogP contribution in [-0.2, 0) is 25.6 Å². The van der Waals surface area contributed by atoms with E-state index in [0.717, 1.165) is 7.05 Å². The van der Waals surface area contributed by atoms with Gasteiger partial charge in [0.15, 0.2) is 5.69 Å². The van der Waals surface area contributed by atoms with Crippen molar-refractivity contribution in [1.29, 1.82) is 0 Å². The van der Waals surface area contributed by atoms with Crippen LogP contribution in [0, 0.1) is 0 Å². The average molecular weight is 240 g/mol. The van der Waals surface area contributed by atoms with E-state index in [1.807, 2.05) is 0 Å². The van der Waals surface area contributed by atoms with Crippen molar-refractivity contribution in [2.75, 3.05) is 0 Å². The zero-order valence-electron chi connectivity index (χ0n) is 8.41. The molecule has 0 bridgehead atoms. The Morgan fingerprint density at radius 3 is 2.50 bits per heavy atom. The van der Waals surface area contributed by atoms with Gasteiger partial charge in [-0.1, -0.05) is 0 Å². The summed E-state index contributed by atoms with van der Waals surface area (Å²) < 4.78 is 65.1. The molecule has 0 aromatic carbocycles. The minimum Gasteiger partial charge on any atom is -0.266 e. The lowest BCUT2D eigenvalue weighted by atomic mass is 9.92. The van der Waals surface area contributed by atoms with Gasteiger partial charge in [-0.3, -0.25) is 4.68 Å². The zero-order valence-corrected chi connectivity index (χ0v) is 8.41. The second kappa shape index (κ2) is 3.18. The summed E-state index contributed by atoms with van der Waals surface area (Å²) in [6, 6.07) is 0. The predicted molar refractivity (Wildman–Crippen MR) is 45.0 cm³/mol. The molecule has 7 heteroatoms. The Bertz CT molecular complexity index is 418. The molecule has 0 radical (unpaired) electrons. The SMILES string of the molecule is Cn1nc(C(F)(F)F)c2c1C(F)(F)CCC2. The van der Waals surface area contributed by atoms with Crippen LogP contribution < -0.4 is 0 Å². The Morgan fingerprint density at radius 1 is 1.31 bits per heavy atom. The van der Waals surface area contributed by atoms with E-state index in [0.29, 0.717) is 4.68 Å². The molecule has 1 aliphatic carbocycles. The Morgan fingerprint density at radius 2 is 1.94 bits per heavy atom. The van der Waals surface area contributed by atoms with Gasteiger partial charge >= 0.3 is 6.18 Å². The van der Waals surface area contributed by atoms with Gasteiger partial charge in [0, 0.05) is 19.0 Å². The monoisotopic (exact) mass is 240 g/mol. The lowest BCUT2D eigenvalue weighted by Crippen LogP contribution is -2.24. The molecule has 16 heavy (non-hydrogen) atoms. The molecule has 0 atom stereocenters. The van der Waals surface area contributed by atoms with Crippen molar-refractivity contribution >= 4 is 0 Å². The third-order valence-electron chi connectivity index (χ3n) is 2.68. The second-order valence-electron chi connectivity index (χ2n) is 3.86. The summed E-state index contributed by atoms with van der Waals surface area (Å²) in [6.07, 6.45) is -5.03. The summed E-state index contributed by atoms with van der Waals surface area (Å²) in [4.78, 5) is 0. The van der Waals surface area contributed by atoms with Crippen LogP contribution in [0.4, 0.5) is 22.0 Å². The molecular weight excluding hydrogens is 231 g/mol. The van der Waals surface area contributed by atoms with E-state index in [2.05, 4.69) is 5.10 Å². The highest BCUT2D eigenvalue weighted by Crippen LogP contribution is 2.44. The van der Waals surface area contributed by atoms with Gasteiger partial charge in [0.25, 0.3) is 5.92 Å². The molecule has 2 rings (SSSR count). The van der Waals surface area contributed by atoms with Crippen molar-refractivity contribution in [1.82, 2.24) is 9.78 Å². The van der Waals surface area contributed by atoms with Crippen molar-refractivity contribution in [2.45, 2.75) is 31.4 Å². The van der Waals surface area contributed by atoms with E-state index in [9.17, 15) is 22.0 Å². The van der Waals surface area contributed by atoms with Crippen molar-refractivity contribution in [2.24, 2.45) is 7.05 Å². The average Bonchev–Trinajstić information content (AvgIpc) is 2.42. The van der Waals surface area contributed by atoms with Crippen molar-refractivity contribution < 1.29 is 22.0 Å². The minimum absolute atomic E-state index is 0.00755. The van der Waals surface area contributed by atoms with E-state index in [-0.39, 0.29) is 18.4 Å². The van der Waals surface area contributed by atoms with E-state index in [4.69, 9.17) is 0 Å². The van der Waals surface area contributed by atoms with Crippen LogP contribution in [0.1, 0.15) is 29.8 Å². The Kier molecular flexibility index (Phi) is 2.25. The maximum Gasteiger partial charge on any atom is 0.435 e. The maximum absolute atomic E-state index is 13.4. The van der Waals surface area contributed by atoms with Crippen molar-refractivity contribution in [3.63, 3.8) is 0 Å². The first-order valence-electron chi connectivity index (χ1n) is 4.75. The fraction of sp³-hybridized carbons (Fsp3) is 0.667. The van der Waals surface area contributed by atoms with E-state index < -0.39 is 29.9 Å². The van der Waals surface area contributed by atoms with Gasteiger partial charge in [-0.15, -0.1) is 0 Å². The molecule has 0 aliphatic heterocycles. The highest BCUT2D eigenvalue weighted by molar-refractivity contribution is 5.33. The summed E-state index contributed by atoms with van der Waals surface area (Å²) >= 11 is 0. The molecule has 1 aromatic rings. The van der Waals surface area contributed by atoms with Crippen LogP contribution in [0.3, 0.4) is 0 Å². The normalized spacial score (nSPS) is 19.6. The Balaban J connectivity index is 2.63. The zero-order chi connectivity index (χ0) is 12.1. The first kappa shape index (κ1) is 11.3. The smallest absolute Gasteiger partial charge is 0.266 e. The van der Waals surface area contributed by atoms with Gasteiger partial charge in [0.2, 0.25) is 0 Å².